The van der Waals surface area contributed by atoms with E-state index in [0.29, 0.717) is 11.6 Å². The molecule has 3 rings (SSSR count). The molecule has 0 fully saturated rings. The van der Waals surface area contributed by atoms with Crippen LogP contribution in [0.1, 0.15) is 24.4 Å². The first-order valence-corrected chi connectivity index (χ1v) is 7.74. The fourth-order valence-corrected chi connectivity index (χ4v) is 3.03. The second-order valence-corrected chi connectivity index (χ2v) is 6.02. The Hall–Kier alpha value is -1.76. The minimum absolute atomic E-state index is 0.118. The summed E-state index contributed by atoms with van der Waals surface area (Å²) in [6.07, 6.45) is 1.85. The second-order valence-electron chi connectivity index (χ2n) is 4.75. The molecule has 2 heterocycles. The molecule has 1 aromatic carbocycles. The van der Waals surface area contributed by atoms with Crippen LogP contribution in [-0.4, -0.2) is 20.0 Å². The Morgan fingerprint density at radius 3 is 2.90 bits per heavy atom. The molecular weight excluding hydrogens is 306 g/mol. The van der Waals surface area contributed by atoms with Crippen LogP contribution in [0.5, 0.6) is 0 Å². The van der Waals surface area contributed by atoms with E-state index in [4.69, 9.17) is 17.3 Å². The van der Waals surface area contributed by atoms with Crippen LogP contribution in [0.15, 0.2) is 35.8 Å². The van der Waals surface area contributed by atoms with Gasteiger partial charge < -0.3 is 5.73 Å². The third-order valence-corrected chi connectivity index (χ3v) is 4.26. The Labute approximate surface area is 131 Å². The van der Waals surface area contributed by atoms with Crippen molar-refractivity contribution >= 4 is 22.9 Å². The number of hydrogen-bond acceptors (Lipinski definition) is 5. The Morgan fingerprint density at radius 2 is 2.19 bits per heavy atom. The van der Waals surface area contributed by atoms with Crippen molar-refractivity contribution in [2.75, 3.05) is 0 Å². The summed E-state index contributed by atoms with van der Waals surface area (Å²) in [4.78, 5) is 4.60. The van der Waals surface area contributed by atoms with Crippen LogP contribution in [0, 0.1) is 0 Å². The van der Waals surface area contributed by atoms with E-state index in [9.17, 15) is 0 Å². The number of halogens is 1. The Bertz CT molecular complexity index is 749. The highest BCUT2D eigenvalue weighted by atomic mass is 35.5. The van der Waals surface area contributed by atoms with Gasteiger partial charge >= 0.3 is 0 Å². The predicted molar refractivity (Wildman–Crippen MR) is 84.3 cm³/mol. The predicted octanol–water partition coefficient (Wildman–Crippen LogP) is 3.12. The number of hydrogen-bond donors (Lipinski definition) is 1. The third kappa shape index (κ3) is 3.12. The maximum atomic E-state index is 6.19. The lowest BCUT2D eigenvalue weighted by Gasteiger charge is -1.99. The minimum atomic E-state index is -0.118. The highest BCUT2D eigenvalue weighted by Crippen LogP contribution is 2.30. The van der Waals surface area contributed by atoms with E-state index >= 15 is 0 Å². The van der Waals surface area contributed by atoms with Crippen LogP contribution < -0.4 is 5.73 Å². The van der Waals surface area contributed by atoms with Gasteiger partial charge in [-0.05, 0) is 13.0 Å². The Balaban J connectivity index is 1.80. The molecule has 0 bridgehead atoms. The first kappa shape index (κ1) is 14.2. The van der Waals surface area contributed by atoms with Crippen molar-refractivity contribution in [2.45, 2.75) is 19.5 Å². The van der Waals surface area contributed by atoms with Gasteiger partial charge in [0.15, 0.2) is 0 Å². The molecule has 0 saturated heterocycles. The van der Waals surface area contributed by atoms with Crippen molar-refractivity contribution in [1.29, 1.82) is 0 Å². The first-order valence-electron chi connectivity index (χ1n) is 6.48. The van der Waals surface area contributed by atoms with Crippen molar-refractivity contribution in [3.63, 3.8) is 0 Å². The molecular formula is C14H14ClN5S. The summed E-state index contributed by atoms with van der Waals surface area (Å²) < 4.78 is 1.74. The van der Waals surface area contributed by atoms with E-state index in [0.717, 1.165) is 22.0 Å². The topological polar surface area (TPSA) is 69.6 Å². The molecule has 3 aromatic rings. The summed E-state index contributed by atoms with van der Waals surface area (Å²) in [5, 5.41) is 11.7. The van der Waals surface area contributed by atoms with Gasteiger partial charge in [0, 0.05) is 17.0 Å². The molecule has 0 aliphatic rings. The molecule has 0 amide bonds. The van der Waals surface area contributed by atoms with Gasteiger partial charge in [0.05, 0.1) is 29.2 Å². The second kappa shape index (κ2) is 5.93. The minimum Gasteiger partial charge on any atom is -0.323 e. The quantitative estimate of drug-likeness (QED) is 0.802. The molecule has 1 atom stereocenters. The highest BCUT2D eigenvalue weighted by Gasteiger charge is 2.10. The molecule has 0 spiro atoms. The maximum Gasteiger partial charge on any atom is 0.125 e. The molecule has 2 aromatic heterocycles. The van der Waals surface area contributed by atoms with Crippen molar-refractivity contribution in [1.82, 2.24) is 20.0 Å². The van der Waals surface area contributed by atoms with Crippen LogP contribution in [0.4, 0.5) is 0 Å². The lowest BCUT2D eigenvalue weighted by atomic mass is 10.2. The van der Waals surface area contributed by atoms with E-state index in [1.807, 2.05) is 42.8 Å². The van der Waals surface area contributed by atoms with Gasteiger partial charge in [-0.3, -0.25) is 0 Å². The van der Waals surface area contributed by atoms with Crippen molar-refractivity contribution in [2.24, 2.45) is 5.73 Å². The van der Waals surface area contributed by atoms with Gasteiger partial charge in [-0.2, -0.15) is 0 Å². The molecule has 0 radical (unpaired) electrons. The first-order chi connectivity index (χ1) is 10.1. The van der Waals surface area contributed by atoms with E-state index in [1.54, 1.807) is 16.0 Å². The number of nitrogens with two attached hydrogens (primary N) is 1. The lowest BCUT2D eigenvalue weighted by Crippen LogP contribution is -2.05. The van der Waals surface area contributed by atoms with Crippen LogP contribution in [0.3, 0.4) is 0 Å². The summed E-state index contributed by atoms with van der Waals surface area (Å²) >= 11 is 7.76. The molecule has 108 valence electrons. The average Bonchev–Trinajstić information content (AvgIpc) is 3.09. The lowest BCUT2D eigenvalue weighted by molar-refractivity contribution is 0.640. The summed E-state index contributed by atoms with van der Waals surface area (Å²) in [6.45, 7) is 2.45. The molecule has 0 aliphatic heterocycles. The number of benzene rings is 1. The molecule has 21 heavy (non-hydrogen) atoms. The molecule has 5 nitrogen and oxygen atoms in total. The largest absolute Gasteiger partial charge is 0.323 e. The number of nitrogens with zero attached hydrogens (tertiary/aromatic N) is 4. The van der Waals surface area contributed by atoms with Gasteiger partial charge in [-0.15, -0.1) is 16.4 Å². The Morgan fingerprint density at radius 1 is 1.38 bits per heavy atom. The van der Waals surface area contributed by atoms with Crippen LogP contribution >= 0.6 is 22.9 Å². The standard InChI is InChI=1S/C14H14ClN5S/c1-9(16)13-7-20(19-18-13)6-10-8-21-14(17-10)11-4-2-3-5-12(11)15/h2-5,7-9H,6,16H2,1H3. The number of thiazole rings is 1. The zero-order valence-electron chi connectivity index (χ0n) is 11.4. The van der Waals surface area contributed by atoms with E-state index < -0.39 is 0 Å². The Kier molecular flexibility index (Phi) is 4.01. The fourth-order valence-electron chi connectivity index (χ4n) is 1.90. The van der Waals surface area contributed by atoms with E-state index in [2.05, 4.69) is 15.3 Å². The number of rotatable bonds is 4. The molecule has 7 heteroatoms. The smallest absolute Gasteiger partial charge is 0.125 e. The van der Waals surface area contributed by atoms with Gasteiger partial charge in [0.25, 0.3) is 0 Å². The number of aromatic nitrogens is 4. The zero-order chi connectivity index (χ0) is 14.8. The maximum absolute atomic E-state index is 6.19. The van der Waals surface area contributed by atoms with Gasteiger partial charge in [0.2, 0.25) is 0 Å². The van der Waals surface area contributed by atoms with E-state index in [-0.39, 0.29) is 6.04 Å². The molecule has 2 N–H and O–H groups in total. The zero-order valence-corrected chi connectivity index (χ0v) is 13.0. The molecule has 0 saturated carbocycles. The third-order valence-electron chi connectivity index (χ3n) is 3.00. The van der Waals surface area contributed by atoms with Crippen LogP contribution in [-0.2, 0) is 6.54 Å². The monoisotopic (exact) mass is 319 g/mol. The summed E-state index contributed by atoms with van der Waals surface area (Å²) in [6, 6.07) is 7.58. The summed E-state index contributed by atoms with van der Waals surface area (Å²) in [5.74, 6) is 0. The van der Waals surface area contributed by atoms with Crippen molar-refractivity contribution in [3.05, 3.63) is 52.3 Å². The van der Waals surface area contributed by atoms with Gasteiger partial charge in [0.1, 0.15) is 5.01 Å². The van der Waals surface area contributed by atoms with Gasteiger partial charge in [-0.1, -0.05) is 35.0 Å². The van der Waals surface area contributed by atoms with Crippen LogP contribution in [0.2, 0.25) is 5.02 Å². The van der Waals surface area contributed by atoms with Crippen molar-refractivity contribution in [3.8, 4) is 10.6 Å². The SMILES string of the molecule is CC(N)c1cn(Cc2csc(-c3ccccc3Cl)n2)nn1. The normalized spacial score (nSPS) is 12.5. The highest BCUT2D eigenvalue weighted by molar-refractivity contribution is 7.13. The molecule has 0 aliphatic carbocycles. The van der Waals surface area contributed by atoms with E-state index in [1.165, 1.54) is 0 Å². The summed E-state index contributed by atoms with van der Waals surface area (Å²) in [5.41, 5.74) is 8.42. The van der Waals surface area contributed by atoms with Crippen LogP contribution in [0.25, 0.3) is 10.6 Å². The van der Waals surface area contributed by atoms with Crippen molar-refractivity contribution < 1.29 is 0 Å². The van der Waals surface area contributed by atoms with Gasteiger partial charge in [-0.25, -0.2) is 9.67 Å². The summed E-state index contributed by atoms with van der Waals surface area (Å²) in [7, 11) is 0. The fraction of sp³-hybridized carbons (Fsp3) is 0.214. The molecule has 1 unspecified atom stereocenters. The average molecular weight is 320 g/mol.